The largest absolute Gasteiger partial charge is 0.495 e. The Labute approximate surface area is 138 Å². The quantitative estimate of drug-likeness (QED) is 0.915. The molecule has 0 fully saturated rings. The second-order valence-corrected chi connectivity index (χ2v) is 5.83. The van der Waals surface area contributed by atoms with Crippen molar-refractivity contribution >= 4 is 17.3 Å². The Balaban J connectivity index is 2.10. The van der Waals surface area contributed by atoms with Crippen LogP contribution < -0.4 is 15.0 Å². The lowest BCUT2D eigenvalue weighted by atomic mass is 10.1. The molecule has 2 aromatic carbocycles. The number of amides is 1. The molecule has 0 unspecified atom stereocenters. The number of ether oxygens (including phenoxy) is 1. The summed E-state index contributed by atoms with van der Waals surface area (Å²) in [5.74, 6) is 0.593. The average Bonchev–Trinajstić information content (AvgIpc) is 2.50. The second-order valence-electron chi connectivity index (χ2n) is 5.83. The van der Waals surface area contributed by atoms with Gasteiger partial charge in [0.15, 0.2) is 0 Å². The summed E-state index contributed by atoms with van der Waals surface area (Å²) in [5.41, 5.74) is 5.25. The van der Waals surface area contributed by atoms with Crippen LogP contribution in [0.3, 0.4) is 0 Å². The third-order valence-electron chi connectivity index (χ3n) is 4.00. The molecule has 0 spiro atoms. The number of likely N-dealkylation sites (N-methyl/N-ethyl adjacent to an activating group) is 1. The van der Waals surface area contributed by atoms with E-state index in [1.165, 1.54) is 11.1 Å². The minimum Gasteiger partial charge on any atom is -0.495 e. The molecule has 2 rings (SSSR count). The number of rotatable bonds is 5. The molecule has 1 N–H and O–H groups in total. The molecule has 4 nitrogen and oxygen atoms in total. The Hall–Kier alpha value is -2.49. The van der Waals surface area contributed by atoms with Crippen LogP contribution in [0.25, 0.3) is 0 Å². The highest BCUT2D eigenvalue weighted by Crippen LogP contribution is 2.25. The van der Waals surface area contributed by atoms with Crippen LogP contribution in [-0.4, -0.2) is 26.6 Å². The number of anilines is 2. The van der Waals surface area contributed by atoms with Crippen LogP contribution in [0.1, 0.15) is 16.7 Å². The maximum absolute atomic E-state index is 12.4. The molecule has 0 aliphatic rings. The number of hydrogen-bond acceptors (Lipinski definition) is 3. The fourth-order valence-corrected chi connectivity index (χ4v) is 2.56. The van der Waals surface area contributed by atoms with Gasteiger partial charge in [-0.25, -0.2) is 0 Å². The Morgan fingerprint density at radius 1 is 1.17 bits per heavy atom. The van der Waals surface area contributed by atoms with E-state index in [2.05, 4.69) is 25.2 Å². The summed E-state index contributed by atoms with van der Waals surface area (Å²) in [5, 5.41) is 2.93. The van der Waals surface area contributed by atoms with E-state index >= 15 is 0 Å². The molecule has 4 heteroatoms. The first kappa shape index (κ1) is 16.9. The summed E-state index contributed by atoms with van der Waals surface area (Å²) in [6.07, 6.45) is 0. The molecule has 0 aliphatic carbocycles. The Kier molecular flexibility index (Phi) is 5.27. The molecule has 0 aliphatic heterocycles. The van der Waals surface area contributed by atoms with Gasteiger partial charge in [-0.15, -0.1) is 0 Å². The highest BCUT2D eigenvalue weighted by molar-refractivity contribution is 5.95. The Bertz CT molecular complexity index is 711. The number of benzene rings is 2. The van der Waals surface area contributed by atoms with Crippen LogP contribution in [0.5, 0.6) is 5.75 Å². The van der Waals surface area contributed by atoms with E-state index in [1.54, 1.807) is 7.11 Å². The van der Waals surface area contributed by atoms with Crippen molar-refractivity contribution in [2.45, 2.75) is 20.8 Å². The molecule has 0 radical (unpaired) electrons. The molecular formula is C19H24N2O2. The van der Waals surface area contributed by atoms with Crippen molar-refractivity contribution in [3.05, 3.63) is 53.1 Å². The lowest BCUT2D eigenvalue weighted by Crippen LogP contribution is -2.30. The zero-order valence-corrected chi connectivity index (χ0v) is 14.4. The molecule has 1 amide bonds. The first-order valence-corrected chi connectivity index (χ1v) is 7.64. The standard InChI is InChI=1S/C19H24N2O2/c1-13-9-10-18(23-5)16(11-13)20-19(22)12-21(4)17-8-6-7-14(2)15(17)3/h6-11H,12H2,1-5H3,(H,20,22). The summed E-state index contributed by atoms with van der Waals surface area (Å²) in [7, 11) is 3.53. The number of aryl methyl sites for hydroxylation is 2. The average molecular weight is 312 g/mol. The van der Waals surface area contributed by atoms with Gasteiger partial charge in [0, 0.05) is 12.7 Å². The van der Waals surface area contributed by atoms with E-state index in [0.717, 1.165) is 11.3 Å². The molecule has 122 valence electrons. The van der Waals surface area contributed by atoms with Crippen LogP contribution in [0, 0.1) is 20.8 Å². The summed E-state index contributed by atoms with van der Waals surface area (Å²) < 4.78 is 5.30. The second kappa shape index (κ2) is 7.18. The van der Waals surface area contributed by atoms with Crippen molar-refractivity contribution in [2.75, 3.05) is 30.9 Å². The fraction of sp³-hybridized carbons (Fsp3) is 0.316. The predicted molar refractivity (Wildman–Crippen MR) is 95.5 cm³/mol. The van der Waals surface area contributed by atoms with Crippen molar-refractivity contribution in [2.24, 2.45) is 0 Å². The minimum absolute atomic E-state index is 0.0719. The van der Waals surface area contributed by atoms with Crippen LogP contribution >= 0.6 is 0 Å². The Morgan fingerprint density at radius 2 is 1.91 bits per heavy atom. The highest BCUT2D eigenvalue weighted by Gasteiger charge is 2.12. The lowest BCUT2D eigenvalue weighted by Gasteiger charge is -2.22. The van der Waals surface area contributed by atoms with Crippen molar-refractivity contribution in [3.63, 3.8) is 0 Å². The van der Waals surface area contributed by atoms with Crippen molar-refractivity contribution in [1.82, 2.24) is 0 Å². The zero-order chi connectivity index (χ0) is 17.0. The van der Waals surface area contributed by atoms with E-state index in [0.29, 0.717) is 11.4 Å². The molecular weight excluding hydrogens is 288 g/mol. The molecule has 23 heavy (non-hydrogen) atoms. The monoisotopic (exact) mass is 312 g/mol. The van der Waals surface area contributed by atoms with Gasteiger partial charge < -0.3 is 15.0 Å². The summed E-state index contributed by atoms with van der Waals surface area (Å²) in [4.78, 5) is 14.3. The molecule has 0 aromatic heterocycles. The smallest absolute Gasteiger partial charge is 0.243 e. The van der Waals surface area contributed by atoms with E-state index in [9.17, 15) is 4.79 Å². The number of carbonyl (C=O) groups is 1. The highest BCUT2D eigenvalue weighted by atomic mass is 16.5. The van der Waals surface area contributed by atoms with E-state index < -0.39 is 0 Å². The van der Waals surface area contributed by atoms with Crippen molar-refractivity contribution in [3.8, 4) is 5.75 Å². The van der Waals surface area contributed by atoms with E-state index in [-0.39, 0.29) is 12.5 Å². The summed E-state index contributed by atoms with van der Waals surface area (Å²) >= 11 is 0. The van der Waals surface area contributed by atoms with Crippen molar-refractivity contribution in [1.29, 1.82) is 0 Å². The molecule has 2 aromatic rings. The molecule has 0 heterocycles. The fourth-order valence-electron chi connectivity index (χ4n) is 2.56. The van der Waals surface area contributed by atoms with Crippen LogP contribution in [0.15, 0.2) is 36.4 Å². The van der Waals surface area contributed by atoms with Gasteiger partial charge >= 0.3 is 0 Å². The normalized spacial score (nSPS) is 10.3. The summed E-state index contributed by atoms with van der Waals surface area (Å²) in [6.45, 7) is 6.41. The van der Waals surface area contributed by atoms with Crippen molar-refractivity contribution < 1.29 is 9.53 Å². The summed E-state index contributed by atoms with van der Waals surface area (Å²) in [6, 6.07) is 11.8. The number of carbonyl (C=O) groups excluding carboxylic acids is 1. The van der Waals surface area contributed by atoms with Gasteiger partial charge in [-0.3, -0.25) is 4.79 Å². The number of hydrogen-bond donors (Lipinski definition) is 1. The van der Waals surface area contributed by atoms with E-state index in [4.69, 9.17) is 4.74 Å². The first-order valence-electron chi connectivity index (χ1n) is 7.64. The van der Waals surface area contributed by atoms with Gasteiger partial charge in [-0.05, 0) is 55.7 Å². The SMILES string of the molecule is COc1ccc(C)cc1NC(=O)CN(C)c1cccc(C)c1C. The molecule has 0 atom stereocenters. The van der Waals surface area contributed by atoms with Gasteiger partial charge in [-0.2, -0.15) is 0 Å². The topological polar surface area (TPSA) is 41.6 Å². The number of nitrogens with one attached hydrogen (secondary N) is 1. The van der Waals surface area contributed by atoms with Crippen LogP contribution in [0.4, 0.5) is 11.4 Å². The van der Waals surface area contributed by atoms with Crippen LogP contribution in [0.2, 0.25) is 0 Å². The maximum atomic E-state index is 12.4. The number of nitrogens with zero attached hydrogens (tertiary/aromatic N) is 1. The van der Waals surface area contributed by atoms with Gasteiger partial charge in [0.25, 0.3) is 0 Å². The van der Waals surface area contributed by atoms with Gasteiger partial charge in [0.1, 0.15) is 5.75 Å². The number of methoxy groups -OCH3 is 1. The first-order chi connectivity index (χ1) is 10.9. The third kappa shape index (κ3) is 4.03. The predicted octanol–water partition coefficient (Wildman–Crippen LogP) is 3.70. The molecule has 0 bridgehead atoms. The van der Waals surface area contributed by atoms with Gasteiger partial charge in [0.2, 0.25) is 5.91 Å². The lowest BCUT2D eigenvalue weighted by molar-refractivity contribution is -0.114. The van der Waals surface area contributed by atoms with E-state index in [1.807, 2.05) is 49.2 Å². The van der Waals surface area contributed by atoms with Gasteiger partial charge in [0.05, 0.1) is 19.3 Å². The Morgan fingerprint density at radius 3 is 2.61 bits per heavy atom. The minimum atomic E-state index is -0.0719. The maximum Gasteiger partial charge on any atom is 0.243 e. The zero-order valence-electron chi connectivity index (χ0n) is 14.4. The molecule has 0 saturated carbocycles. The van der Waals surface area contributed by atoms with Crippen LogP contribution in [-0.2, 0) is 4.79 Å². The third-order valence-corrected chi connectivity index (χ3v) is 4.00. The van der Waals surface area contributed by atoms with Gasteiger partial charge in [-0.1, -0.05) is 18.2 Å². The molecule has 0 saturated heterocycles.